The van der Waals surface area contributed by atoms with Crippen molar-refractivity contribution < 1.29 is 4.74 Å². The van der Waals surface area contributed by atoms with Crippen LogP contribution in [0.5, 0.6) is 5.75 Å². The molecular formula is C18H20N2O. The Morgan fingerprint density at radius 2 is 1.76 bits per heavy atom. The Hall–Kier alpha value is -2.31. The molecule has 0 bridgehead atoms. The minimum Gasteiger partial charge on any atom is -0.496 e. The summed E-state index contributed by atoms with van der Waals surface area (Å²) < 4.78 is 5.41. The maximum atomic E-state index is 9.07. The molecule has 3 heteroatoms. The van der Waals surface area contributed by atoms with Crippen molar-refractivity contribution in [2.24, 2.45) is 0 Å². The summed E-state index contributed by atoms with van der Waals surface area (Å²) >= 11 is 0. The summed E-state index contributed by atoms with van der Waals surface area (Å²) in [6.07, 6.45) is 0.434. The fourth-order valence-electron chi connectivity index (χ4n) is 2.47. The third-order valence-corrected chi connectivity index (χ3v) is 3.55. The Morgan fingerprint density at radius 3 is 2.43 bits per heavy atom. The average molecular weight is 280 g/mol. The van der Waals surface area contributed by atoms with E-state index in [0.29, 0.717) is 6.42 Å². The molecule has 0 heterocycles. The first-order valence-corrected chi connectivity index (χ1v) is 7.07. The minimum atomic E-state index is 0.0103. The lowest BCUT2D eigenvalue weighted by molar-refractivity contribution is 0.394. The number of benzene rings is 2. The third-order valence-electron chi connectivity index (χ3n) is 3.55. The second kappa shape index (κ2) is 7.47. The van der Waals surface area contributed by atoms with Crippen LogP contribution >= 0.6 is 0 Å². The second-order valence-corrected chi connectivity index (χ2v) is 4.96. The molecule has 108 valence electrons. The van der Waals surface area contributed by atoms with Gasteiger partial charge in [-0.3, -0.25) is 0 Å². The molecule has 0 fully saturated rings. The highest BCUT2D eigenvalue weighted by molar-refractivity contribution is 5.36. The van der Waals surface area contributed by atoms with Crippen molar-refractivity contribution in [2.45, 2.75) is 25.4 Å². The van der Waals surface area contributed by atoms with Crippen molar-refractivity contribution in [3.05, 3.63) is 65.7 Å². The largest absolute Gasteiger partial charge is 0.496 e. The lowest BCUT2D eigenvalue weighted by atomic mass is 10.0. The maximum Gasteiger partial charge on any atom is 0.123 e. The number of ether oxygens (including phenoxy) is 1. The van der Waals surface area contributed by atoms with Crippen LogP contribution in [-0.2, 0) is 0 Å². The first-order valence-electron chi connectivity index (χ1n) is 7.07. The van der Waals surface area contributed by atoms with Crippen LogP contribution in [0.15, 0.2) is 54.6 Å². The normalized spacial score (nSPS) is 13.2. The fraction of sp³-hybridized carbons (Fsp3) is 0.278. The highest BCUT2D eigenvalue weighted by Crippen LogP contribution is 2.27. The van der Waals surface area contributed by atoms with Gasteiger partial charge in [0.15, 0.2) is 0 Å². The van der Waals surface area contributed by atoms with Gasteiger partial charge in [0.2, 0.25) is 0 Å². The molecule has 2 aromatic rings. The molecule has 0 aromatic heterocycles. The smallest absolute Gasteiger partial charge is 0.123 e. The number of nitrogens with zero attached hydrogens (tertiary/aromatic N) is 1. The lowest BCUT2D eigenvalue weighted by Crippen LogP contribution is -2.24. The van der Waals surface area contributed by atoms with E-state index in [2.05, 4.69) is 18.3 Å². The second-order valence-electron chi connectivity index (χ2n) is 4.96. The summed E-state index contributed by atoms with van der Waals surface area (Å²) in [6.45, 7) is 2.09. The van der Waals surface area contributed by atoms with Crippen molar-refractivity contribution in [3.8, 4) is 11.8 Å². The molecule has 2 atom stereocenters. The molecule has 21 heavy (non-hydrogen) atoms. The van der Waals surface area contributed by atoms with Gasteiger partial charge in [-0.1, -0.05) is 48.5 Å². The lowest BCUT2D eigenvalue weighted by Gasteiger charge is -2.23. The van der Waals surface area contributed by atoms with Gasteiger partial charge in [-0.2, -0.15) is 5.26 Å². The Labute approximate surface area is 126 Å². The Morgan fingerprint density at radius 1 is 1.10 bits per heavy atom. The first kappa shape index (κ1) is 15.1. The van der Waals surface area contributed by atoms with E-state index < -0.39 is 0 Å². The quantitative estimate of drug-likeness (QED) is 0.869. The van der Waals surface area contributed by atoms with Crippen molar-refractivity contribution in [3.63, 3.8) is 0 Å². The van der Waals surface area contributed by atoms with E-state index in [1.807, 2.05) is 54.6 Å². The molecule has 1 unspecified atom stereocenters. The summed E-state index contributed by atoms with van der Waals surface area (Å²) in [7, 11) is 1.68. The maximum absolute atomic E-state index is 9.07. The number of para-hydroxylation sites is 1. The highest BCUT2D eigenvalue weighted by Gasteiger charge is 2.17. The van der Waals surface area contributed by atoms with Crippen LogP contribution < -0.4 is 10.1 Å². The molecule has 0 radical (unpaired) electrons. The van der Waals surface area contributed by atoms with Gasteiger partial charge in [0.1, 0.15) is 5.75 Å². The van der Waals surface area contributed by atoms with Crippen LogP contribution in [0.1, 0.15) is 36.6 Å². The predicted octanol–water partition coefficient (Wildman–Crippen LogP) is 4.00. The van der Waals surface area contributed by atoms with Gasteiger partial charge in [-0.05, 0) is 18.6 Å². The number of methoxy groups -OCH3 is 1. The molecule has 0 spiro atoms. The van der Waals surface area contributed by atoms with Crippen LogP contribution in [0.2, 0.25) is 0 Å². The number of nitriles is 1. The van der Waals surface area contributed by atoms with E-state index in [1.54, 1.807) is 7.11 Å². The molecule has 0 aliphatic rings. The third kappa shape index (κ3) is 3.84. The van der Waals surface area contributed by atoms with Crippen molar-refractivity contribution >= 4 is 0 Å². The van der Waals surface area contributed by atoms with E-state index in [4.69, 9.17) is 10.00 Å². The van der Waals surface area contributed by atoms with Gasteiger partial charge in [0.05, 0.1) is 19.6 Å². The molecule has 2 aromatic carbocycles. The van der Waals surface area contributed by atoms with E-state index in [9.17, 15) is 0 Å². The van der Waals surface area contributed by atoms with Crippen molar-refractivity contribution in [1.82, 2.24) is 5.32 Å². The zero-order valence-electron chi connectivity index (χ0n) is 12.4. The molecule has 0 aliphatic carbocycles. The number of rotatable bonds is 6. The SMILES string of the molecule is COc1ccccc1[C@H](C)NC(CC#N)c1ccccc1. The Bertz CT molecular complexity index is 604. The molecule has 2 rings (SSSR count). The zero-order chi connectivity index (χ0) is 15.1. The number of hydrogen-bond acceptors (Lipinski definition) is 3. The summed E-state index contributed by atoms with van der Waals surface area (Å²) in [5.74, 6) is 0.862. The fourth-order valence-corrected chi connectivity index (χ4v) is 2.47. The number of nitrogens with one attached hydrogen (secondary N) is 1. The van der Waals surface area contributed by atoms with Crippen LogP contribution in [0.4, 0.5) is 0 Å². The van der Waals surface area contributed by atoms with E-state index in [0.717, 1.165) is 16.9 Å². The van der Waals surface area contributed by atoms with Gasteiger partial charge in [-0.15, -0.1) is 0 Å². The molecule has 0 amide bonds. The standard InChI is InChI=1S/C18H20N2O/c1-14(16-10-6-7-11-18(16)21-2)20-17(12-13-19)15-8-4-3-5-9-15/h3-11,14,17,20H,12H2,1-2H3/t14-,17?/m0/s1. The van der Waals surface area contributed by atoms with Crippen LogP contribution in [0.25, 0.3) is 0 Å². The van der Waals surface area contributed by atoms with E-state index in [-0.39, 0.29) is 12.1 Å². The molecule has 0 saturated carbocycles. The highest BCUT2D eigenvalue weighted by atomic mass is 16.5. The summed E-state index contributed by atoms with van der Waals surface area (Å²) in [5, 5.41) is 12.6. The Kier molecular flexibility index (Phi) is 5.36. The van der Waals surface area contributed by atoms with Gasteiger partial charge in [0, 0.05) is 17.6 Å². The molecule has 0 aliphatic heterocycles. The Balaban J connectivity index is 2.19. The molecule has 3 nitrogen and oxygen atoms in total. The first-order chi connectivity index (χ1) is 10.3. The monoisotopic (exact) mass is 280 g/mol. The van der Waals surface area contributed by atoms with Crippen LogP contribution in [0, 0.1) is 11.3 Å². The van der Waals surface area contributed by atoms with Gasteiger partial charge >= 0.3 is 0 Å². The average Bonchev–Trinajstić information content (AvgIpc) is 2.55. The van der Waals surface area contributed by atoms with Gasteiger partial charge < -0.3 is 10.1 Å². The zero-order valence-corrected chi connectivity index (χ0v) is 12.4. The molecule has 0 saturated heterocycles. The summed E-state index contributed by atoms with van der Waals surface area (Å²) in [4.78, 5) is 0. The van der Waals surface area contributed by atoms with Crippen molar-refractivity contribution in [1.29, 1.82) is 5.26 Å². The molecule has 1 N–H and O–H groups in total. The molecular weight excluding hydrogens is 260 g/mol. The number of hydrogen-bond donors (Lipinski definition) is 1. The predicted molar refractivity (Wildman–Crippen MR) is 84.0 cm³/mol. The topological polar surface area (TPSA) is 45.0 Å². The van der Waals surface area contributed by atoms with E-state index in [1.165, 1.54) is 0 Å². The van der Waals surface area contributed by atoms with Crippen molar-refractivity contribution in [2.75, 3.05) is 7.11 Å². The van der Waals surface area contributed by atoms with Gasteiger partial charge in [0.25, 0.3) is 0 Å². The summed E-state index contributed by atoms with van der Waals surface area (Å²) in [6, 6.07) is 20.4. The minimum absolute atomic E-state index is 0.0103. The van der Waals surface area contributed by atoms with Crippen LogP contribution in [0.3, 0.4) is 0 Å². The van der Waals surface area contributed by atoms with Gasteiger partial charge in [-0.25, -0.2) is 0 Å². The van der Waals surface area contributed by atoms with E-state index >= 15 is 0 Å². The van der Waals surface area contributed by atoms with Crippen LogP contribution in [-0.4, -0.2) is 7.11 Å². The summed E-state index contributed by atoms with van der Waals surface area (Å²) in [5.41, 5.74) is 2.22.